The van der Waals surface area contributed by atoms with Gasteiger partial charge in [0.1, 0.15) is 11.9 Å². The summed E-state index contributed by atoms with van der Waals surface area (Å²) in [7, 11) is 1.71. The minimum absolute atomic E-state index is 0.336. The number of aryl methyl sites for hydroxylation is 2. The van der Waals surface area contributed by atoms with E-state index in [0.717, 1.165) is 12.4 Å². The third kappa shape index (κ3) is 1.54. The van der Waals surface area contributed by atoms with Gasteiger partial charge in [0.15, 0.2) is 0 Å². The average molecular weight is 178 g/mol. The molecule has 13 heavy (non-hydrogen) atoms. The van der Waals surface area contributed by atoms with Crippen LogP contribution in [0.5, 0.6) is 5.75 Å². The Kier molecular flexibility index (Phi) is 2.00. The Hall–Kier alpha value is -1.02. The van der Waals surface area contributed by atoms with Gasteiger partial charge in [-0.3, -0.25) is 0 Å². The van der Waals surface area contributed by atoms with E-state index in [4.69, 9.17) is 9.47 Å². The van der Waals surface area contributed by atoms with E-state index < -0.39 is 0 Å². The molecule has 1 unspecified atom stereocenters. The Labute approximate surface area is 78.5 Å². The van der Waals surface area contributed by atoms with Gasteiger partial charge in [0.05, 0.1) is 13.7 Å². The summed E-state index contributed by atoms with van der Waals surface area (Å²) >= 11 is 0. The topological polar surface area (TPSA) is 21.8 Å². The van der Waals surface area contributed by atoms with E-state index in [1.54, 1.807) is 7.11 Å². The second kappa shape index (κ2) is 3.04. The molecular weight excluding hydrogens is 164 g/mol. The van der Waals surface area contributed by atoms with Crippen molar-refractivity contribution in [2.75, 3.05) is 13.7 Å². The van der Waals surface area contributed by atoms with Crippen LogP contribution in [0, 0.1) is 13.8 Å². The normalized spacial score (nSPS) is 20.1. The van der Waals surface area contributed by atoms with Crippen LogP contribution < -0.4 is 4.74 Å². The molecular formula is C11H14O2. The lowest BCUT2D eigenvalue weighted by molar-refractivity contribution is 0.404. The van der Waals surface area contributed by atoms with Crippen LogP contribution in [0.25, 0.3) is 0 Å². The second-order valence-corrected chi connectivity index (χ2v) is 3.51. The third-order valence-electron chi connectivity index (χ3n) is 2.39. The summed E-state index contributed by atoms with van der Waals surface area (Å²) < 4.78 is 10.5. The van der Waals surface area contributed by atoms with Gasteiger partial charge < -0.3 is 9.47 Å². The van der Waals surface area contributed by atoms with Crippen LogP contribution in [-0.2, 0) is 4.74 Å². The van der Waals surface area contributed by atoms with Crippen LogP contribution in [-0.4, -0.2) is 13.7 Å². The first kappa shape index (κ1) is 8.57. The van der Waals surface area contributed by atoms with Gasteiger partial charge in [-0.25, -0.2) is 0 Å². The van der Waals surface area contributed by atoms with Crippen molar-refractivity contribution in [3.05, 3.63) is 28.8 Å². The molecule has 1 heterocycles. The minimum atomic E-state index is 0.336. The van der Waals surface area contributed by atoms with E-state index in [1.807, 2.05) is 0 Å². The average Bonchev–Trinajstić information content (AvgIpc) is 2.85. The lowest BCUT2D eigenvalue weighted by Crippen LogP contribution is -1.93. The first-order valence-electron chi connectivity index (χ1n) is 4.49. The molecule has 1 aliphatic heterocycles. The summed E-state index contributed by atoms with van der Waals surface area (Å²) in [5.74, 6) is 0.990. The molecule has 0 aliphatic carbocycles. The molecule has 2 nitrogen and oxygen atoms in total. The van der Waals surface area contributed by atoms with E-state index in [2.05, 4.69) is 26.0 Å². The lowest BCUT2D eigenvalue weighted by Gasteiger charge is -2.09. The van der Waals surface area contributed by atoms with Gasteiger partial charge in [-0.05, 0) is 42.7 Å². The van der Waals surface area contributed by atoms with Crippen LogP contribution in [0.1, 0.15) is 22.8 Å². The summed E-state index contributed by atoms with van der Waals surface area (Å²) in [4.78, 5) is 0. The van der Waals surface area contributed by atoms with Gasteiger partial charge in [-0.1, -0.05) is 0 Å². The van der Waals surface area contributed by atoms with Crippen molar-refractivity contribution in [1.29, 1.82) is 0 Å². The van der Waals surface area contributed by atoms with Gasteiger partial charge in [0.2, 0.25) is 0 Å². The number of benzene rings is 1. The zero-order valence-electron chi connectivity index (χ0n) is 8.26. The van der Waals surface area contributed by atoms with Gasteiger partial charge in [0, 0.05) is 0 Å². The second-order valence-electron chi connectivity index (χ2n) is 3.51. The molecule has 2 heteroatoms. The predicted octanol–water partition coefficient (Wildman–Crippen LogP) is 2.38. The Balaban J connectivity index is 2.42. The fourth-order valence-electron chi connectivity index (χ4n) is 1.73. The van der Waals surface area contributed by atoms with Crippen LogP contribution in [0.4, 0.5) is 0 Å². The molecule has 1 saturated heterocycles. The van der Waals surface area contributed by atoms with Crippen molar-refractivity contribution in [2.45, 2.75) is 20.0 Å². The highest BCUT2D eigenvalue weighted by atomic mass is 16.6. The highest BCUT2D eigenvalue weighted by Crippen LogP contribution is 2.34. The molecule has 70 valence electrons. The number of methoxy groups -OCH3 is 1. The molecule has 0 N–H and O–H groups in total. The van der Waals surface area contributed by atoms with E-state index in [1.165, 1.54) is 16.7 Å². The molecule has 1 aromatic rings. The maximum atomic E-state index is 5.29. The molecule has 0 radical (unpaired) electrons. The van der Waals surface area contributed by atoms with Gasteiger partial charge in [-0.15, -0.1) is 0 Å². The Bertz CT molecular complexity index is 304. The summed E-state index contributed by atoms with van der Waals surface area (Å²) in [6.07, 6.45) is 0.336. The molecule has 1 aliphatic rings. The summed E-state index contributed by atoms with van der Waals surface area (Å²) in [5.41, 5.74) is 3.65. The first-order chi connectivity index (χ1) is 6.22. The van der Waals surface area contributed by atoms with Crippen molar-refractivity contribution in [3.8, 4) is 5.75 Å². The molecule has 0 saturated carbocycles. The molecule has 1 fully saturated rings. The van der Waals surface area contributed by atoms with E-state index in [9.17, 15) is 0 Å². The minimum Gasteiger partial charge on any atom is -0.496 e. The number of ether oxygens (including phenoxy) is 2. The summed E-state index contributed by atoms with van der Waals surface area (Å²) in [6, 6.07) is 4.28. The van der Waals surface area contributed by atoms with Gasteiger partial charge >= 0.3 is 0 Å². The summed E-state index contributed by atoms with van der Waals surface area (Å²) in [5, 5.41) is 0. The molecule has 1 aromatic carbocycles. The van der Waals surface area contributed by atoms with Gasteiger partial charge in [-0.2, -0.15) is 0 Å². The van der Waals surface area contributed by atoms with Gasteiger partial charge in [0.25, 0.3) is 0 Å². The van der Waals surface area contributed by atoms with E-state index in [-0.39, 0.29) is 0 Å². The SMILES string of the molecule is COc1c(C)cc(C2CO2)cc1C. The summed E-state index contributed by atoms with van der Waals surface area (Å²) in [6.45, 7) is 5.00. The van der Waals surface area contributed by atoms with E-state index in [0.29, 0.717) is 6.10 Å². The number of rotatable bonds is 2. The standard InChI is InChI=1S/C11H14O2/c1-7-4-9(10-6-13-10)5-8(2)11(7)12-3/h4-5,10H,6H2,1-3H3. The van der Waals surface area contributed by atoms with Crippen molar-refractivity contribution >= 4 is 0 Å². The Morgan fingerprint density at radius 3 is 2.23 bits per heavy atom. The predicted molar refractivity (Wildman–Crippen MR) is 51.2 cm³/mol. The molecule has 2 rings (SSSR count). The van der Waals surface area contributed by atoms with Crippen LogP contribution >= 0.6 is 0 Å². The highest BCUT2D eigenvalue weighted by molar-refractivity contribution is 5.44. The molecule has 0 bridgehead atoms. The monoisotopic (exact) mass is 178 g/mol. The zero-order chi connectivity index (χ0) is 9.42. The number of hydrogen-bond donors (Lipinski definition) is 0. The van der Waals surface area contributed by atoms with Crippen molar-refractivity contribution in [3.63, 3.8) is 0 Å². The fourth-order valence-corrected chi connectivity index (χ4v) is 1.73. The largest absolute Gasteiger partial charge is 0.496 e. The Morgan fingerprint density at radius 2 is 1.85 bits per heavy atom. The van der Waals surface area contributed by atoms with Crippen molar-refractivity contribution in [2.24, 2.45) is 0 Å². The quantitative estimate of drug-likeness (QED) is 0.648. The molecule has 1 atom stereocenters. The van der Waals surface area contributed by atoms with Crippen LogP contribution in [0.2, 0.25) is 0 Å². The molecule has 0 spiro atoms. The maximum absolute atomic E-state index is 5.29. The molecule has 0 amide bonds. The first-order valence-corrected chi connectivity index (χ1v) is 4.49. The van der Waals surface area contributed by atoms with Crippen molar-refractivity contribution < 1.29 is 9.47 Å². The maximum Gasteiger partial charge on any atom is 0.124 e. The number of hydrogen-bond acceptors (Lipinski definition) is 2. The zero-order valence-corrected chi connectivity index (χ0v) is 8.26. The molecule has 0 aromatic heterocycles. The fraction of sp³-hybridized carbons (Fsp3) is 0.455. The van der Waals surface area contributed by atoms with Crippen molar-refractivity contribution in [1.82, 2.24) is 0 Å². The third-order valence-corrected chi connectivity index (χ3v) is 2.39. The lowest BCUT2D eigenvalue weighted by atomic mass is 10.0. The van der Waals surface area contributed by atoms with Crippen LogP contribution in [0.3, 0.4) is 0 Å². The van der Waals surface area contributed by atoms with Crippen LogP contribution in [0.15, 0.2) is 12.1 Å². The number of epoxide rings is 1. The smallest absolute Gasteiger partial charge is 0.124 e. The highest BCUT2D eigenvalue weighted by Gasteiger charge is 2.25. The Morgan fingerprint density at radius 1 is 1.31 bits per heavy atom. The van der Waals surface area contributed by atoms with E-state index >= 15 is 0 Å².